The van der Waals surface area contributed by atoms with E-state index < -0.39 is 11.4 Å². The molecule has 5 nitrogen and oxygen atoms in total. The Balaban J connectivity index is 2.70. The lowest BCUT2D eigenvalue weighted by molar-refractivity contribution is -0.141. The van der Waals surface area contributed by atoms with Gasteiger partial charge in [0.25, 0.3) is 0 Å². The molecule has 0 spiro atoms. The molecule has 0 heterocycles. The van der Waals surface area contributed by atoms with Gasteiger partial charge in [-0.3, -0.25) is 9.59 Å². The summed E-state index contributed by atoms with van der Waals surface area (Å²) < 4.78 is 0. The number of carboxylic acid groups (broad SMARTS) is 1. The summed E-state index contributed by atoms with van der Waals surface area (Å²) in [6, 6.07) is 14.2. The Hall–Kier alpha value is -2.66. The highest BCUT2D eigenvalue weighted by Crippen LogP contribution is 2.36. The maximum Gasteiger partial charge on any atom is 0.318 e. The van der Waals surface area contributed by atoms with Gasteiger partial charge in [0.1, 0.15) is 5.41 Å². The van der Waals surface area contributed by atoms with Gasteiger partial charge in [-0.25, -0.2) is 0 Å². The molecule has 0 saturated carbocycles. The summed E-state index contributed by atoms with van der Waals surface area (Å²) >= 11 is 0. The lowest BCUT2D eigenvalue weighted by Crippen LogP contribution is -2.35. The van der Waals surface area contributed by atoms with Crippen molar-refractivity contribution >= 4 is 17.6 Å². The SMILES string of the molecule is CC(=O)Nc1cccc(C(C)(C(=O)O)c2ccccc2)c1CN. The standard InChI is InChI=1S/C18H20N2O3/c1-12(21)20-16-10-6-9-15(14(16)11-19)18(2,17(22)23)13-7-4-3-5-8-13/h3-10H,11,19H2,1-2H3,(H,20,21)(H,22,23). The van der Waals surface area contributed by atoms with E-state index in [4.69, 9.17) is 5.73 Å². The number of nitrogens with one attached hydrogen (secondary N) is 1. The molecule has 0 aliphatic rings. The molecule has 0 bridgehead atoms. The molecule has 4 N–H and O–H groups in total. The molecule has 2 rings (SSSR count). The Morgan fingerprint density at radius 1 is 1.13 bits per heavy atom. The summed E-state index contributed by atoms with van der Waals surface area (Å²) in [5.74, 6) is -1.20. The molecule has 0 aromatic heterocycles. The van der Waals surface area contributed by atoms with Crippen molar-refractivity contribution in [3.63, 3.8) is 0 Å². The highest BCUT2D eigenvalue weighted by atomic mass is 16.4. The van der Waals surface area contributed by atoms with Crippen LogP contribution in [0.1, 0.15) is 30.5 Å². The van der Waals surface area contributed by atoms with Crippen LogP contribution >= 0.6 is 0 Å². The average molecular weight is 312 g/mol. The van der Waals surface area contributed by atoms with Crippen molar-refractivity contribution < 1.29 is 14.7 Å². The molecule has 2 aromatic rings. The van der Waals surface area contributed by atoms with Crippen LogP contribution in [-0.4, -0.2) is 17.0 Å². The van der Waals surface area contributed by atoms with Crippen molar-refractivity contribution in [1.29, 1.82) is 0 Å². The predicted octanol–water partition coefficient (Wildman–Crippen LogP) is 2.49. The molecule has 120 valence electrons. The van der Waals surface area contributed by atoms with Gasteiger partial charge in [-0.05, 0) is 29.7 Å². The van der Waals surface area contributed by atoms with Gasteiger partial charge in [0.05, 0.1) is 0 Å². The third-order valence-corrected chi connectivity index (χ3v) is 4.01. The first-order chi connectivity index (χ1) is 10.9. The van der Waals surface area contributed by atoms with Gasteiger partial charge in [0, 0.05) is 19.2 Å². The third kappa shape index (κ3) is 3.10. The van der Waals surface area contributed by atoms with Crippen molar-refractivity contribution in [3.8, 4) is 0 Å². The number of hydrogen-bond donors (Lipinski definition) is 3. The van der Waals surface area contributed by atoms with E-state index >= 15 is 0 Å². The summed E-state index contributed by atoms with van der Waals surface area (Å²) in [7, 11) is 0. The fourth-order valence-corrected chi connectivity index (χ4v) is 2.75. The van der Waals surface area contributed by atoms with Gasteiger partial charge in [0.2, 0.25) is 5.91 Å². The predicted molar refractivity (Wildman–Crippen MR) is 89.2 cm³/mol. The number of benzene rings is 2. The summed E-state index contributed by atoms with van der Waals surface area (Å²) in [5, 5.41) is 12.6. The Morgan fingerprint density at radius 3 is 2.30 bits per heavy atom. The first-order valence-electron chi connectivity index (χ1n) is 7.30. The van der Waals surface area contributed by atoms with Gasteiger partial charge >= 0.3 is 5.97 Å². The molecule has 1 unspecified atom stereocenters. The van der Waals surface area contributed by atoms with Gasteiger partial charge in [-0.15, -0.1) is 0 Å². The number of hydrogen-bond acceptors (Lipinski definition) is 3. The Morgan fingerprint density at radius 2 is 1.78 bits per heavy atom. The minimum absolute atomic E-state index is 0.126. The van der Waals surface area contributed by atoms with Gasteiger partial charge in [0.15, 0.2) is 0 Å². The number of anilines is 1. The molecule has 23 heavy (non-hydrogen) atoms. The molecule has 0 saturated heterocycles. The van der Waals surface area contributed by atoms with Crippen LogP contribution in [0.5, 0.6) is 0 Å². The number of carbonyl (C=O) groups excluding carboxylic acids is 1. The molecule has 0 aliphatic carbocycles. The molecule has 1 atom stereocenters. The first-order valence-corrected chi connectivity index (χ1v) is 7.30. The van der Waals surface area contributed by atoms with Crippen molar-refractivity contribution in [2.45, 2.75) is 25.8 Å². The quantitative estimate of drug-likeness (QED) is 0.791. The molecule has 0 fully saturated rings. The number of carboxylic acids is 1. The van der Waals surface area contributed by atoms with Crippen LogP contribution in [0.15, 0.2) is 48.5 Å². The number of rotatable bonds is 5. The van der Waals surface area contributed by atoms with Crippen LogP contribution in [0.2, 0.25) is 0 Å². The number of nitrogens with two attached hydrogens (primary N) is 1. The van der Waals surface area contributed by atoms with Gasteiger partial charge in [-0.2, -0.15) is 0 Å². The van der Waals surface area contributed by atoms with Gasteiger partial charge in [-0.1, -0.05) is 42.5 Å². The number of aliphatic carboxylic acids is 1. The van der Waals surface area contributed by atoms with E-state index in [0.717, 1.165) is 0 Å². The summed E-state index contributed by atoms with van der Waals surface area (Å²) in [6.45, 7) is 3.18. The second kappa shape index (κ2) is 6.62. The van der Waals surface area contributed by atoms with Crippen LogP contribution in [0.3, 0.4) is 0 Å². The highest BCUT2D eigenvalue weighted by Gasteiger charge is 2.39. The highest BCUT2D eigenvalue weighted by molar-refractivity contribution is 5.91. The fraction of sp³-hybridized carbons (Fsp3) is 0.222. The summed E-state index contributed by atoms with van der Waals surface area (Å²) in [5.41, 5.74) is 6.99. The lowest BCUT2D eigenvalue weighted by atomic mass is 9.74. The molecule has 5 heteroatoms. The Kier molecular flexibility index (Phi) is 4.81. The average Bonchev–Trinajstić information content (AvgIpc) is 2.54. The van der Waals surface area contributed by atoms with E-state index in [-0.39, 0.29) is 12.5 Å². The van der Waals surface area contributed by atoms with Crippen molar-refractivity contribution in [2.24, 2.45) is 5.73 Å². The Bertz CT molecular complexity index is 728. The number of carbonyl (C=O) groups is 2. The summed E-state index contributed by atoms with van der Waals surface area (Å²) in [6.07, 6.45) is 0. The zero-order valence-corrected chi connectivity index (χ0v) is 13.2. The smallest absolute Gasteiger partial charge is 0.318 e. The molecule has 1 amide bonds. The van der Waals surface area contributed by atoms with E-state index in [2.05, 4.69) is 5.32 Å². The van der Waals surface area contributed by atoms with Crippen LogP contribution in [0, 0.1) is 0 Å². The minimum atomic E-state index is -1.26. The topological polar surface area (TPSA) is 92.4 Å². The molecule has 2 aromatic carbocycles. The number of amides is 1. The van der Waals surface area contributed by atoms with Crippen molar-refractivity contribution in [2.75, 3.05) is 5.32 Å². The lowest BCUT2D eigenvalue weighted by Gasteiger charge is -2.29. The molecular formula is C18H20N2O3. The van der Waals surface area contributed by atoms with E-state index in [1.54, 1.807) is 49.4 Å². The van der Waals surface area contributed by atoms with Crippen molar-refractivity contribution in [1.82, 2.24) is 0 Å². The van der Waals surface area contributed by atoms with E-state index in [0.29, 0.717) is 22.4 Å². The summed E-state index contributed by atoms with van der Waals surface area (Å²) in [4.78, 5) is 23.5. The maximum atomic E-state index is 12.1. The maximum absolute atomic E-state index is 12.1. The van der Waals surface area contributed by atoms with E-state index in [1.165, 1.54) is 6.92 Å². The van der Waals surface area contributed by atoms with Crippen LogP contribution in [0.4, 0.5) is 5.69 Å². The zero-order valence-electron chi connectivity index (χ0n) is 13.2. The zero-order chi connectivity index (χ0) is 17.0. The monoisotopic (exact) mass is 312 g/mol. The van der Waals surface area contributed by atoms with E-state index in [1.807, 2.05) is 6.07 Å². The Labute approximate surface area is 135 Å². The molecule has 0 radical (unpaired) electrons. The second-order valence-corrected chi connectivity index (χ2v) is 5.51. The van der Waals surface area contributed by atoms with Gasteiger partial charge < -0.3 is 16.2 Å². The third-order valence-electron chi connectivity index (χ3n) is 4.01. The minimum Gasteiger partial charge on any atom is -0.480 e. The van der Waals surface area contributed by atoms with Crippen LogP contribution in [-0.2, 0) is 21.5 Å². The molecular weight excluding hydrogens is 292 g/mol. The second-order valence-electron chi connectivity index (χ2n) is 5.51. The van der Waals surface area contributed by atoms with Crippen molar-refractivity contribution in [3.05, 3.63) is 65.2 Å². The largest absolute Gasteiger partial charge is 0.480 e. The fourth-order valence-electron chi connectivity index (χ4n) is 2.75. The van der Waals surface area contributed by atoms with E-state index in [9.17, 15) is 14.7 Å². The first kappa shape index (κ1) is 16.7. The van der Waals surface area contributed by atoms with Crippen LogP contribution < -0.4 is 11.1 Å². The molecule has 0 aliphatic heterocycles. The van der Waals surface area contributed by atoms with Crippen LogP contribution in [0.25, 0.3) is 0 Å². The normalized spacial score (nSPS) is 13.2.